The molecule has 2 aromatic carbocycles. The van der Waals surface area contributed by atoms with Gasteiger partial charge in [0.05, 0.1) is 28.1 Å². The molecule has 0 saturated carbocycles. The highest BCUT2D eigenvalue weighted by atomic mass is 32.2. The molecule has 15 heteroatoms. The van der Waals surface area contributed by atoms with Crippen molar-refractivity contribution >= 4 is 49.5 Å². The summed E-state index contributed by atoms with van der Waals surface area (Å²) in [6.45, 7) is -0.271. The summed E-state index contributed by atoms with van der Waals surface area (Å²) in [6, 6.07) is 11.2. The van der Waals surface area contributed by atoms with Crippen LogP contribution in [0.5, 0.6) is 11.5 Å². The fraction of sp³-hybridized carbons (Fsp3) is 0.409. The number of nitrogens with one attached hydrogen (secondary N) is 1. The summed E-state index contributed by atoms with van der Waals surface area (Å²) in [5.74, 6) is 1.09. The lowest BCUT2D eigenvalue weighted by Gasteiger charge is -2.50. The second-order valence-electron chi connectivity index (χ2n) is 8.26. The molecule has 11 nitrogen and oxygen atoms in total. The number of sulfonamides is 2. The molecule has 2 aromatic rings. The predicted molar refractivity (Wildman–Crippen MR) is 140 cm³/mol. The fourth-order valence-corrected chi connectivity index (χ4v) is 11.0. The van der Waals surface area contributed by atoms with Gasteiger partial charge in [-0.2, -0.15) is 8.61 Å². The lowest BCUT2D eigenvalue weighted by atomic mass is 10.3. The number of hydrogen-bond acceptors (Lipinski definition) is 10. The van der Waals surface area contributed by atoms with Gasteiger partial charge in [0.25, 0.3) is 5.91 Å². The first-order chi connectivity index (χ1) is 17.6. The molecule has 1 spiro atoms. The van der Waals surface area contributed by atoms with Gasteiger partial charge in [0.2, 0.25) is 20.0 Å². The van der Waals surface area contributed by atoms with E-state index in [1.54, 1.807) is 0 Å². The first kappa shape index (κ1) is 28.0. The average Bonchev–Trinajstić information content (AvgIpc) is 2.92. The van der Waals surface area contributed by atoms with E-state index in [0.29, 0.717) is 23.0 Å². The van der Waals surface area contributed by atoms with Crippen molar-refractivity contribution in [2.24, 2.45) is 0 Å². The Bertz CT molecular complexity index is 1240. The molecule has 2 aliphatic rings. The van der Waals surface area contributed by atoms with Crippen molar-refractivity contribution in [2.45, 2.75) is 26.5 Å². The smallest absolute Gasteiger partial charge is 0.277 e. The highest BCUT2D eigenvalue weighted by molar-refractivity contribution is 8.19. The number of hydroxylamine groups is 1. The van der Waals surface area contributed by atoms with Crippen molar-refractivity contribution in [2.75, 3.05) is 38.8 Å². The minimum Gasteiger partial charge on any atom is -0.497 e. The molecule has 37 heavy (non-hydrogen) atoms. The topological polar surface area (TPSA) is 143 Å². The Hall–Kier alpha value is -2.01. The van der Waals surface area contributed by atoms with Crippen LogP contribution in [0.4, 0.5) is 0 Å². The highest BCUT2D eigenvalue weighted by Crippen LogP contribution is 2.48. The maximum atomic E-state index is 13.9. The lowest BCUT2D eigenvalue weighted by molar-refractivity contribution is -0.138. The summed E-state index contributed by atoms with van der Waals surface area (Å²) in [5, 5.41) is 9.55. The zero-order chi connectivity index (χ0) is 26.8. The minimum absolute atomic E-state index is 0.136. The molecule has 0 bridgehead atoms. The summed E-state index contributed by atoms with van der Waals surface area (Å²) in [5.41, 5.74) is 1.46. The number of thioether (sulfide) groups is 2. The Morgan fingerprint density at radius 3 is 1.62 bits per heavy atom. The number of carbonyl (C=O) groups excluding carboxylic acids is 1. The molecular formula is C22H27N3O8S4. The molecule has 2 saturated heterocycles. The van der Waals surface area contributed by atoms with Crippen LogP contribution in [-0.4, -0.2) is 85.6 Å². The van der Waals surface area contributed by atoms with E-state index in [1.807, 2.05) is 0 Å². The summed E-state index contributed by atoms with van der Waals surface area (Å²) < 4.78 is 66.7. The number of benzene rings is 2. The third-order valence-electron chi connectivity index (χ3n) is 6.03. The Labute approximate surface area is 224 Å². The van der Waals surface area contributed by atoms with Crippen molar-refractivity contribution in [3.8, 4) is 11.5 Å². The van der Waals surface area contributed by atoms with Crippen molar-refractivity contribution in [3.05, 3.63) is 48.5 Å². The number of ether oxygens (including phenoxy) is 2. The molecule has 1 amide bonds. The number of rotatable bonds is 7. The van der Waals surface area contributed by atoms with Gasteiger partial charge in [0.15, 0.2) is 6.17 Å². The Kier molecular flexibility index (Phi) is 8.33. The summed E-state index contributed by atoms with van der Waals surface area (Å²) in [7, 11) is -5.91. The molecule has 2 aliphatic heterocycles. The van der Waals surface area contributed by atoms with E-state index < -0.39 is 36.2 Å². The molecule has 2 N–H and O–H groups in total. The van der Waals surface area contributed by atoms with Crippen LogP contribution in [0.1, 0.15) is 6.42 Å². The molecule has 0 aliphatic carbocycles. The summed E-state index contributed by atoms with van der Waals surface area (Å²) >= 11 is 2.93. The zero-order valence-corrected chi connectivity index (χ0v) is 23.3. The summed E-state index contributed by atoms with van der Waals surface area (Å²) in [6.07, 6.45) is -0.980. The molecule has 2 heterocycles. The van der Waals surface area contributed by atoms with E-state index in [4.69, 9.17) is 9.47 Å². The van der Waals surface area contributed by atoms with Gasteiger partial charge in [-0.15, -0.1) is 23.5 Å². The van der Waals surface area contributed by atoms with Gasteiger partial charge in [0.1, 0.15) is 11.5 Å². The third-order valence-corrected chi connectivity index (χ3v) is 12.9. The molecule has 202 valence electrons. The van der Waals surface area contributed by atoms with Gasteiger partial charge >= 0.3 is 0 Å². The Morgan fingerprint density at radius 1 is 0.865 bits per heavy atom. The maximum absolute atomic E-state index is 13.9. The lowest BCUT2D eigenvalue weighted by Crippen LogP contribution is -2.69. The monoisotopic (exact) mass is 589 g/mol. The van der Waals surface area contributed by atoms with E-state index in [-0.39, 0.29) is 22.9 Å². The quantitative estimate of drug-likeness (QED) is 0.363. The normalized spacial score (nSPS) is 19.4. The highest BCUT2D eigenvalue weighted by Gasteiger charge is 2.55. The van der Waals surface area contributed by atoms with E-state index in [1.165, 1.54) is 91.8 Å². The standard InChI is InChI=1S/C22H27N3O8S4/c1-32-16-4-8-18(9-5-16)36(28,29)24-14-22(34-12-3-13-35-22)15-25(21(24)20(26)23-27)37(30,31)19-10-6-17(33-2)7-11-19/h4-11,21,27H,3,12-15H2,1-2H3,(H,23,26). The van der Waals surface area contributed by atoms with Gasteiger partial charge in [-0.05, 0) is 66.5 Å². The van der Waals surface area contributed by atoms with Crippen LogP contribution >= 0.6 is 23.5 Å². The Balaban J connectivity index is 1.86. The van der Waals surface area contributed by atoms with E-state index in [2.05, 4.69) is 0 Å². The van der Waals surface area contributed by atoms with Crippen molar-refractivity contribution in [3.63, 3.8) is 0 Å². The first-order valence-electron chi connectivity index (χ1n) is 11.1. The van der Waals surface area contributed by atoms with Crippen LogP contribution in [0.3, 0.4) is 0 Å². The van der Waals surface area contributed by atoms with Crippen LogP contribution in [0.2, 0.25) is 0 Å². The van der Waals surface area contributed by atoms with E-state index in [9.17, 15) is 26.8 Å². The predicted octanol–water partition coefficient (Wildman–Crippen LogP) is 1.80. The largest absolute Gasteiger partial charge is 0.497 e. The maximum Gasteiger partial charge on any atom is 0.277 e. The van der Waals surface area contributed by atoms with Gasteiger partial charge in [-0.25, -0.2) is 22.3 Å². The second kappa shape index (κ2) is 11.0. The van der Waals surface area contributed by atoms with Crippen LogP contribution in [0.25, 0.3) is 0 Å². The Morgan fingerprint density at radius 2 is 1.27 bits per heavy atom. The van der Waals surface area contributed by atoms with Crippen LogP contribution in [-0.2, 0) is 24.8 Å². The number of carbonyl (C=O) groups is 1. The van der Waals surface area contributed by atoms with Gasteiger partial charge < -0.3 is 9.47 Å². The molecule has 0 radical (unpaired) electrons. The number of methoxy groups -OCH3 is 2. The molecule has 2 fully saturated rings. The first-order valence-corrected chi connectivity index (χ1v) is 16.0. The molecule has 0 atom stereocenters. The van der Waals surface area contributed by atoms with Gasteiger partial charge in [-0.3, -0.25) is 10.0 Å². The van der Waals surface area contributed by atoms with Gasteiger partial charge in [0, 0.05) is 13.1 Å². The van der Waals surface area contributed by atoms with Crippen LogP contribution in [0.15, 0.2) is 58.3 Å². The third kappa shape index (κ3) is 5.44. The van der Waals surface area contributed by atoms with Crippen molar-refractivity contribution in [1.82, 2.24) is 14.1 Å². The van der Waals surface area contributed by atoms with Crippen LogP contribution in [0, 0.1) is 0 Å². The zero-order valence-electron chi connectivity index (χ0n) is 20.1. The molecule has 4 rings (SSSR count). The van der Waals surface area contributed by atoms with E-state index >= 15 is 0 Å². The molecule has 0 unspecified atom stereocenters. The number of amides is 1. The van der Waals surface area contributed by atoms with Gasteiger partial charge in [-0.1, -0.05) is 0 Å². The SMILES string of the molecule is COc1ccc(S(=O)(=O)N2CC3(CN(S(=O)(=O)c4ccc(OC)cc4)C2C(=O)NO)SCCCS3)cc1. The average molecular weight is 590 g/mol. The van der Waals surface area contributed by atoms with E-state index in [0.717, 1.165) is 15.0 Å². The molecule has 0 aromatic heterocycles. The minimum atomic E-state index is -4.40. The summed E-state index contributed by atoms with van der Waals surface area (Å²) in [4.78, 5) is 12.7. The van der Waals surface area contributed by atoms with Crippen LogP contribution < -0.4 is 15.0 Å². The van der Waals surface area contributed by atoms with Crippen molar-refractivity contribution < 1.29 is 36.3 Å². The number of hydrogen-bond donors (Lipinski definition) is 2. The molecular weight excluding hydrogens is 563 g/mol. The van der Waals surface area contributed by atoms with Crippen molar-refractivity contribution in [1.29, 1.82) is 0 Å². The number of nitrogens with zero attached hydrogens (tertiary/aromatic N) is 2. The second-order valence-corrected chi connectivity index (χ2v) is 15.3. The fourth-order valence-electron chi connectivity index (χ4n) is 4.16.